The van der Waals surface area contributed by atoms with Gasteiger partial charge in [-0.15, -0.1) is 0 Å². The highest BCUT2D eigenvalue weighted by molar-refractivity contribution is 6.05. The highest BCUT2D eigenvalue weighted by Gasteiger charge is 2.22. The number of benzene rings is 2. The summed E-state index contributed by atoms with van der Waals surface area (Å²) in [6.07, 6.45) is 3.62. The Morgan fingerprint density at radius 2 is 1.72 bits per heavy atom. The molecule has 25 heavy (non-hydrogen) atoms. The fourth-order valence-electron chi connectivity index (χ4n) is 2.67. The molecular formula is C22H22O3. The van der Waals surface area contributed by atoms with Crippen LogP contribution < -0.4 is 4.74 Å². The Balaban J connectivity index is 1.81. The first-order valence-corrected chi connectivity index (χ1v) is 8.55. The van der Waals surface area contributed by atoms with Crippen LogP contribution >= 0.6 is 0 Å². The van der Waals surface area contributed by atoms with E-state index in [1.807, 2.05) is 49.4 Å². The van der Waals surface area contributed by atoms with Crippen LogP contribution in [-0.4, -0.2) is 12.6 Å². The molecule has 3 nitrogen and oxygen atoms in total. The van der Waals surface area contributed by atoms with E-state index >= 15 is 0 Å². The van der Waals surface area contributed by atoms with Crippen molar-refractivity contribution in [3.8, 4) is 5.75 Å². The standard InChI is InChI=1S/C22H22O3/c1-4-24-20-11-5-16(6-12-20)13-19-14-21(25-22(19)23)18-9-7-17(8-10-18)15(2)3/h5-15H,4H2,1-3H3/b19-13+. The molecule has 0 saturated heterocycles. The number of carbonyl (C=O) groups is 1. The number of ether oxygens (including phenoxy) is 2. The normalized spacial score (nSPS) is 15.4. The number of rotatable bonds is 5. The summed E-state index contributed by atoms with van der Waals surface area (Å²) in [5.41, 5.74) is 3.65. The molecule has 1 heterocycles. The maximum atomic E-state index is 12.1. The third-order valence-electron chi connectivity index (χ3n) is 4.10. The number of carbonyl (C=O) groups excluding carboxylic acids is 1. The van der Waals surface area contributed by atoms with Crippen molar-refractivity contribution < 1.29 is 14.3 Å². The molecule has 1 aliphatic rings. The molecule has 3 rings (SSSR count). The van der Waals surface area contributed by atoms with Crippen LogP contribution in [0.1, 0.15) is 43.4 Å². The van der Waals surface area contributed by atoms with Crippen LogP contribution in [-0.2, 0) is 9.53 Å². The van der Waals surface area contributed by atoms with E-state index in [2.05, 4.69) is 26.0 Å². The maximum Gasteiger partial charge on any atom is 0.343 e. The van der Waals surface area contributed by atoms with Crippen molar-refractivity contribution in [3.63, 3.8) is 0 Å². The monoisotopic (exact) mass is 334 g/mol. The van der Waals surface area contributed by atoms with Gasteiger partial charge in [0.15, 0.2) is 0 Å². The molecule has 2 aromatic rings. The minimum absolute atomic E-state index is 0.322. The molecule has 0 amide bonds. The Labute approximate surface area is 148 Å². The predicted molar refractivity (Wildman–Crippen MR) is 100 cm³/mol. The summed E-state index contributed by atoms with van der Waals surface area (Å²) in [7, 11) is 0. The van der Waals surface area contributed by atoms with Crippen molar-refractivity contribution in [3.05, 3.63) is 76.9 Å². The van der Waals surface area contributed by atoms with Gasteiger partial charge in [-0.2, -0.15) is 0 Å². The van der Waals surface area contributed by atoms with Crippen molar-refractivity contribution in [1.29, 1.82) is 0 Å². The van der Waals surface area contributed by atoms with Gasteiger partial charge in [0, 0.05) is 5.56 Å². The molecular weight excluding hydrogens is 312 g/mol. The second-order valence-corrected chi connectivity index (χ2v) is 6.28. The Hall–Kier alpha value is -2.81. The molecule has 2 aromatic carbocycles. The number of esters is 1. The zero-order valence-electron chi connectivity index (χ0n) is 14.8. The highest BCUT2D eigenvalue weighted by Crippen LogP contribution is 2.28. The number of hydrogen-bond acceptors (Lipinski definition) is 3. The predicted octanol–water partition coefficient (Wildman–Crippen LogP) is 5.19. The van der Waals surface area contributed by atoms with Gasteiger partial charge in [0.05, 0.1) is 12.2 Å². The van der Waals surface area contributed by atoms with Gasteiger partial charge in [-0.25, -0.2) is 4.79 Å². The molecule has 3 heteroatoms. The van der Waals surface area contributed by atoms with E-state index in [9.17, 15) is 4.79 Å². The van der Waals surface area contributed by atoms with Gasteiger partial charge in [0.2, 0.25) is 0 Å². The molecule has 0 N–H and O–H groups in total. The molecule has 0 atom stereocenters. The van der Waals surface area contributed by atoms with E-state index < -0.39 is 0 Å². The van der Waals surface area contributed by atoms with Crippen molar-refractivity contribution in [2.24, 2.45) is 0 Å². The Bertz CT molecular complexity index is 809. The van der Waals surface area contributed by atoms with Crippen LogP contribution in [0.25, 0.3) is 11.8 Å². The fraction of sp³-hybridized carbons (Fsp3) is 0.227. The molecule has 0 fully saturated rings. The van der Waals surface area contributed by atoms with Crippen LogP contribution in [0.2, 0.25) is 0 Å². The Morgan fingerprint density at radius 3 is 2.32 bits per heavy atom. The second kappa shape index (κ2) is 7.39. The third-order valence-corrected chi connectivity index (χ3v) is 4.10. The first kappa shape index (κ1) is 17.0. The van der Waals surface area contributed by atoms with E-state index in [4.69, 9.17) is 9.47 Å². The van der Waals surface area contributed by atoms with Crippen molar-refractivity contribution >= 4 is 17.8 Å². The summed E-state index contributed by atoms with van der Waals surface area (Å²) in [5, 5.41) is 0. The molecule has 0 unspecified atom stereocenters. The van der Waals surface area contributed by atoms with Crippen LogP contribution in [0, 0.1) is 0 Å². The minimum Gasteiger partial charge on any atom is -0.494 e. The average molecular weight is 334 g/mol. The molecule has 0 radical (unpaired) electrons. The lowest BCUT2D eigenvalue weighted by molar-refractivity contribution is -0.130. The lowest BCUT2D eigenvalue weighted by Crippen LogP contribution is -1.97. The maximum absolute atomic E-state index is 12.1. The van der Waals surface area contributed by atoms with Crippen LogP contribution in [0.4, 0.5) is 0 Å². The van der Waals surface area contributed by atoms with Crippen molar-refractivity contribution in [2.45, 2.75) is 26.7 Å². The van der Waals surface area contributed by atoms with E-state index in [0.717, 1.165) is 16.9 Å². The summed E-state index contributed by atoms with van der Waals surface area (Å²) in [6, 6.07) is 15.8. The smallest absolute Gasteiger partial charge is 0.343 e. The van der Waals surface area contributed by atoms with Gasteiger partial charge in [-0.3, -0.25) is 0 Å². The topological polar surface area (TPSA) is 35.5 Å². The second-order valence-electron chi connectivity index (χ2n) is 6.28. The van der Waals surface area contributed by atoms with Crippen LogP contribution in [0.3, 0.4) is 0 Å². The zero-order chi connectivity index (χ0) is 17.8. The first-order chi connectivity index (χ1) is 12.1. The van der Waals surface area contributed by atoms with E-state index in [0.29, 0.717) is 23.9 Å². The Kier molecular flexibility index (Phi) is 5.03. The van der Waals surface area contributed by atoms with E-state index in [1.54, 1.807) is 6.08 Å². The number of hydrogen-bond donors (Lipinski definition) is 0. The van der Waals surface area contributed by atoms with E-state index in [-0.39, 0.29) is 5.97 Å². The van der Waals surface area contributed by atoms with E-state index in [1.165, 1.54) is 5.56 Å². The molecule has 1 aliphatic heterocycles. The van der Waals surface area contributed by atoms with Gasteiger partial charge in [-0.1, -0.05) is 50.2 Å². The van der Waals surface area contributed by atoms with Gasteiger partial charge in [-0.05, 0) is 48.3 Å². The van der Waals surface area contributed by atoms with Gasteiger partial charge >= 0.3 is 5.97 Å². The fourth-order valence-corrected chi connectivity index (χ4v) is 2.67. The number of cyclic esters (lactones) is 1. The van der Waals surface area contributed by atoms with Gasteiger partial charge in [0.1, 0.15) is 11.5 Å². The molecule has 0 aliphatic carbocycles. The lowest BCUT2D eigenvalue weighted by Gasteiger charge is -2.06. The third kappa shape index (κ3) is 4.00. The molecule has 0 spiro atoms. The molecule has 0 aromatic heterocycles. The lowest BCUT2D eigenvalue weighted by atomic mass is 10.0. The van der Waals surface area contributed by atoms with Crippen LogP contribution in [0.5, 0.6) is 5.75 Å². The summed E-state index contributed by atoms with van der Waals surface area (Å²) >= 11 is 0. The summed E-state index contributed by atoms with van der Waals surface area (Å²) in [4.78, 5) is 12.1. The van der Waals surface area contributed by atoms with Crippen molar-refractivity contribution in [2.75, 3.05) is 6.61 Å². The van der Waals surface area contributed by atoms with Crippen LogP contribution in [0.15, 0.2) is 60.2 Å². The zero-order valence-corrected chi connectivity index (χ0v) is 14.8. The minimum atomic E-state index is -0.322. The molecule has 128 valence electrons. The summed E-state index contributed by atoms with van der Waals surface area (Å²) < 4.78 is 10.9. The first-order valence-electron chi connectivity index (χ1n) is 8.55. The molecule has 0 saturated carbocycles. The average Bonchev–Trinajstić information content (AvgIpc) is 2.98. The van der Waals surface area contributed by atoms with Crippen molar-refractivity contribution in [1.82, 2.24) is 0 Å². The largest absolute Gasteiger partial charge is 0.494 e. The summed E-state index contributed by atoms with van der Waals surface area (Å²) in [5.74, 6) is 1.57. The molecule has 0 bridgehead atoms. The van der Waals surface area contributed by atoms with Gasteiger partial charge in [0.25, 0.3) is 0 Å². The summed E-state index contributed by atoms with van der Waals surface area (Å²) in [6.45, 7) is 6.89. The highest BCUT2D eigenvalue weighted by atomic mass is 16.5. The quantitative estimate of drug-likeness (QED) is 0.557. The SMILES string of the molecule is CCOc1ccc(/C=C2\C=C(c3ccc(C(C)C)cc3)OC2=O)cc1. The van der Waals surface area contributed by atoms with Gasteiger partial charge < -0.3 is 9.47 Å². The Morgan fingerprint density at radius 1 is 1.04 bits per heavy atom.